The fourth-order valence-corrected chi connectivity index (χ4v) is 3.68. The van der Waals surface area contributed by atoms with Crippen molar-refractivity contribution in [1.82, 2.24) is 19.9 Å². The van der Waals surface area contributed by atoms with E-state index in [1.807, 2.05) is 12.1 Å². The van der Waals surface area contributed by atoms with E-state index in [2.05, 4.69) is 19.9 Å². The molecule has 1 aliphatic rings. The van der Waals surface area contributed by atoms with Crippen LogP contribution in [-0.2, 0) is 19.5 Å². The molecule has 0 amide bonds. The maximum Gasteiger partial charge on any atom is 0.256 e. The minimum atomic E-state index is -0.335. The van der Waals surface area contributed by atoms with Gasteiger partial charge in [-0.05, 0) is 42.0 Å². The molecule has 1 aliphatic heterocycles. The lowest BCUT2D eigenvalue weighted by Gasteiger charge is -2.27. The third-order valence-electron chi connectivity index (χ3n) is 4.86. The third kappa shape index (κ3) is 3.74. The summed E-state index contributed by atoms with van der Waals surface area (Å²) < 4.78 is 19.3. The minimum Gasteiger partial charge on any atom is -0.496 e. The van der Waals surface area contributed by atoms with Gasteiger partial charge in [0.05, 0.1) is 18.4 Å². The van der Waals surface area contributed by atoms with Crippen molar-refractivity contribution in [3.63, 3.8) is 0 Å². The van der Waals surface area contributed by atoms with E-state index in [1.54, 1.807) is 19.4 Å². The number of H-pyrrole nitrogens is 2. The van der Waals surface area contributed by atoms with Gasteiger partial charge in [-0.25, -0.2) is 4.39 Å². The number of methoxy groups -OCH3 is 1. The van der Waals surface area contributed by atoms with Gasteiger partial charge in [-0.3, -0.25) is 19.7 Å². The van der Waals surface area contributed by atoms with Crippen molar-refractivity contribution in [2.45, 2.75) is 19.5 Å². The number of nitrogens with zero attached hydrogens (tertiary/aromatic N) is 2. The molecule has 2 N–H and O–H groups in total. The van der Waals surface area contributed by atoms with Crippen molar-refractivity contribution in [2.75, 3.05) is 13.7 Å². The number of benzene rings is 1. The zero-order valence-electron chi connectivity index (χ0n) is 15.3. The molecule has 6 nitrogen and oxygen atoms in total. The molecule has 0 saturated carbocycles. The Bertz CT molecular complexity index is 1120. The van der Waals surface area contributed by atoms with E-state index >= 15 is 0 Å². The summed E-state index contributed by atoms with van der Waals surface area (Å²) in [5.74, 6) is 0.240. The molecule has 0 fully saturated rings. The van der Waals surface area contributed by atoms with Crippen LogP contribution >= 0.6 is 12.2 Å². The molecule has 0 radical (unpaired) electrons. The van der Waals surface area contributed by atoms with Crippen LogP contribution in [0.5, 0.6) is 5.75 Å². The summed E-state index contributed by atoms with van der Waals surface area (Å²) in [5.41, 5.74) is 3.79. The van der Waals surface area contributed by atoms with E-state index in [0.29, 0.717) is 34.9 Å². The first-order valence-corrected chi connectivity index (χ1v) is 9.30. The summed E-state index contributed by atoms with van der Waals surface area (Å²) in [6.07, 6.45) is 2.52. The molecular weight excluding hydrogens is 379 g/mol. The fraction of sp³-hybridized carbons (Fsp3) is 0.250. The number of halogens is 1. The molecule has 0 bridgehead atoms. The summed E-state index contributed by atoms with van der Waals surface area (Å²) in [7, 11) is 1.55. The second-order valence-corrected chi connectivity index (χ2v) is 7.13. The monoisotopic (exact) mass is 398 g/mol. The van der Waals surface area contributed by atoms with Crippen molar-refractivity contribution in [1.29, 1.82) is 0 Å². The molecular formula is C20H19FN4O2S. The molecule has 8 heteroatoms. The lowest BCUT2D eigenvalue weighted by molar-refractivity contribution is 0.241. The Morgan fingerprint density at radius 2 is 2.14 bits per heavy atom. The largest absolute Gasteiger partial charge is 0.496 e. The smallest absolute Gasteiger partial charge is 0.256 e. The van der Waals surface area contributed by atoms with Crippen LogP contribution in [0.2, 0.25) is 0 Å². The number of hydrogen-bond acceptors (Lipinski definition) is 5. The molecule has 4 rings (SSSR count). The normalized spacial score (nSPS) is 13.9. The van der Waals surface area contributed by atoms with Gasteiger partial charge in [0.2, 0.25) is 0 Å². The topological polar surface area (TPSA) is 74.0 Å². The second kappa shape index (κ2) is 7.65. The lowest BCUT2D eigenvalue weighted by Crippen LogP contribution is -2.35. The Morgan fingerprint density at radius 1 is 1.29 bits per heavy atom. The standard InChI is InChI=1S/C20H19FN4O2S/c1-27-18-5-3-13(21)8-14(18)16-4-2-12(9-22-16)10-25-7-6-17-15(11-25)19(26)24-20(28)23-17/h2-5,8-9H,6-7,10-11H2,1H3,(H2,23,24,26,28). The summed E-state index contributed by atoms with van der Waals surface area (Å²) in [4.78, 5) is 24.5. The van der Waals surface area contributed by atoms with Crippen molar-refractivity contribution in [2.24, 2.45) is 0 Å². The average Bonchev–Trinajstić information content (AvgIpc) is 2.69. The highest BCUT2D eigenvalue weighted by Crippen LogP contribution is 2.29. The summed E-state index contributed by atoms with van der Waals surface area (Å²) in [5, 5.41) is 0. The number of fused-ring (bicyclic) bond motifs is 1. The third-order valence-corrected chi connectivity index (χ3v) is 5.06. The van der Waals surface area contributed by atoms with E-state index in [-0.39, 0.29) is 11.4 Å². The van der Waals surface area contributed by atoms with Crippen LogP contribution in [0.1, 0.15) is 16.8 Å². The number of pyridine rings is 1. The van der Waals surface area contributed by atoms with E-state index in [4.69, 9.17) is 17.0 Å². The van der Waals surface area contributed by atoms with Gasteiger partial charge in [-0.1, -0.05) is 6.07 Å². The first-order valence-electron chi connectivity index (χ1n) is 8.89. The number of aromatic amines is 2. The SMILES string of the molecule is COc1ccc(F)cc1-c1ccc(CN2CCc3[nH]c(=S)[nH]c(=O)c3C2)cn1. The molecule has 144 valence electrons. The van der Waals surface area contributed by atoms with Gasteiger partial charge in [-0.2, -0.15) is 0 Å². The Hall–Kier alpha value is -2.84. The van der Waals surface area contributed by atoms with E-state index in [0.717, 1.165) is 29.8 Å². The highest BCUT2D eigenvalue weighted by Gasteiger charge is 2.20. The number of ether oxygens (including phenoxy) is 1. The van der Waals surface area contributed by atoms with Gasteiger partial charge in [0.25, 0.3) is 5.56 Å². The molecule has 3 heterocycles. The molecule has 3 aromatic rings. The number of rotatable bonds is 4. The molecule has 1 aromatic carbocycles. The van der Waals surface area contributed by atoms with Crippen LogP contribution in [-0.4, -0.2) is 33.5 Å². The Balaban J connectivity index is 1.52. The minimum absolute atomic E-state index is 0.130. The van der Waals surface area contributed by atoms with Crippen LogP contribution in [0.15, 0.2) is 41.3 Å². The Labute approximate surface area is 166 Å². The molecule has 0 unspecified atom stereocenters. The summed E-state index contributed by atoms with van der Waals surface area (Å²) >= 11 is 5.03. The molecule has 0 aliphatic carbocycles. The van der Waals surface area contributed by atoms with Gasteiger partial charge in [0.15, 0.2) is 4.77 Å². The first kappa shape index (κ1) is 18.5. The predicted octanol–water partition coefficient (Wildman–Crippen LogP) is 3.20. The van der Waals surface area contributed by atoms with E-state index in [1.165, 1.54) is 12.1 Å². The average molecular weight is 398 g/mol. The molecule has 0 saturated heterocycles. The van der Waals surface area contributed by atoms with Gasteiger partial charge < -0.3 is 9.72 Å². The van der Waals surface area contributed by atoms with Gasteiger partial charge in [0, 0.05) is 43.5 Å². The van der Waals surface area contributed by atoms with Gasteiger partial charge >= 0.3 is 0 Å². The zero-order chi connectivity index (χ0) is 19.7. The van der Waals surface area contributed by atoms with E-state index in [9.17, 15) is 9.18 Å². The van der Waals surface area contributed by atoms with Crippen molar-refractivity contribution < 1.29 is 9.13 Å². The summed E-state index contributed by atoms with van der Waals surface area (Å²) in [6.45, 7) is 2.04. The van der Waals surface area contributed by atoms with Crippen LogP contribution in [0.3, 0.4) is 0 Å². The molecule has 28 heavy (non-hydrogen) atoms. The highest BCUT2D eigenvalue weighted by atomic mass is 32.1. The maximum atomic E-state index is 13.6. The van der Waals surface area contributed by atoms with Crippen LogP contribution in [0, 0.1) is 10.6 Å². The highest BCUT2D eigenvalue weighted by molar-refractivity contribution is 7.71. The quantitative estimate of drug-likeness (QED) is 0.661. The van der Waals surface area contributed by atoms with Crippen LogP contribution in [0.4, 0.5) is 4.39 Å². The van der Waals surface area contributed by atoms with Crippen molar-refractivity contribution in [3.8, 4) is 17.0 Å². The van der Waals surface area contributed by atoms with Gasteiger partial charge in [-0.15, -0.1) is 0 Å². The first-order chi connectivity index (χ1) is 13.5. The lowest BCUT2D eigenvalue weighted by atomic mass is 10.1. The molecule has 2 aromatic heterocycles. The van der Waals surface area contributed by atoms with Crippen molar-refractivity contribution >= 4 is 12.2 Å². The number of nitrogens with one attached hydrogen (secondary N) is 2. The fourth-order valence-electron chi connectivity index (χ4n) is 3.46. The Morgan fingerprint density at radius 3 is 2.89 bits per heavy atom. The maximum absolute atomic E-state index is 13.6. The van der Waals surface area contributed by atoms with E-state index < -0.39 is 0 Å². The van der Waals surface area contributed by atoms with Crippen molar-refractivity contribution in [3.05, 3.63) is 74.3 Å². The Kier molecular flexibility index (Phi) is 5.06. The van der Waals surface area contributed by atoms with Crippen LogP contribution < -0.4 is 10.3 Å². The second-order valence-electron chi connectivity index (χ2n) is 6.72. The van der Waals surface area contributed by atoms with Crippen LogP contribution in [0.25, 0.3) is 11.3 Å². The predicted molar refractivity (Wildman–Crippen MR) is 106 cm³/mol. The molecule has 0 spiro atoms. The molecule has 0 atom stereocenters. The number of hydrogen-bond donors (Lipinski definition) is 2. The summed E-state index contributed by atoms with van der Waals surface area (Å²) in [6, 6.07) is 8.19. The van der Waals surface area contributed by atoms with Gasteiger partial charge in [0.1, 0.15) is 11.6 Å². The zero-order valence-corrected chi connectivity index (χ0v) is 16.1. The number of aromatic nitrogens is 3.